The lowest BCUT2D eigenvalue weighted by atomic mass is 10.2. The third kappa shape index (κ3) is 10.3. The zero-order valence-corrected chi connectivity index (χ0v) is 11.9. The second kappa shape index (κ2) is 9.11. The van der Waals surface area contributed by atoms with Gasteiger partial charge < -0.3 is 14.7 Å². The SMILES string of the molecule is CCC/C=C/CC(O)C[N+](C)(C)CCCC(=O)O. The monoisotopic (exact) mass is 258 g/mol. The molecule has 0 aromatic heterocycles. The number of likely N-dealkylation sites (N-methyl/N-ethyl adjacent to an activating group) is 1. The topological polar surface area (TPSA) is 57.5 Å². The Bertz CT molecular complexity index is 262. The normalized spacial score (nSPS) is 14.0. The molecule has 0 aromatic rings. The maximum Gasteiger partial charge on any atom is 0.303 e. The number of unbranched alkanes of at least 4 members (excludes halogenated alkanes) is 1. The molecule has 0 aromatic carbocycles. The van der Waals surface area contributed by atoms with Crippen LogP contribution >= 0.6 is 0 Å². The van der Waals surface area contributed by atoms with E-state index in [4.69, 9.17) is 5.11 Å². The van der Waals surface area contributed by atoms with E-state index in [1.165, 1.54) is 0 Å². The van der Waals surface area contributed by atoms with E-state index < -0.39 is 5.97 Å². The Hall–Kier alpha value is -0.870. The number of nitrogens with zero attached hydrogens (tertiary/aromatic N) is 1. The minimum absolute atomic E-state index is 0.203. The molecule has 0 aliphatic carbocycles. The molecule has 0 saturated carbocycles. The van der Waals surface area contributed by atoms with Crippen LogP contribution in [0.25, 0.3) is 0 Å². The Morgan fingerprint density at radius 3 is 2.56 bits per heavy atom. The van der Waals surface area contributed by atoms with Crippen LogP contribution in [-0.2, 0) is 4.79 Å². The molecule has 1 atom stereocenters. The van der Waals surface area contributed by atoms with Crippen LogP contribution in [0.1, 0.15) is 39.0 Å². The molecule has 0 radical (unpaired) electrons. The lowest BCUT2D eigenvalue weighted by molar-refractivity contribution is -0.893. The summed E-state index contributed by atoms with van der Waals surface area (Å²) >= 11 is 0. The highest BCUT2D eigenvalue weighted by molar-refractivity contribution is 5.66. The van der Waals surface area contributed by atoms with Gasteiger partial charge in [0.25, 0.3) is 0 Å². The molecule has 0 spiro atoms. The number of allylic oxidation sites excluding steroid dienone is 1. The number of carboxylic acids is 1. The number of aliphatic carboxylic acids is 1. The summed E-state index contributed by atoms with van der Waals surface area (Å²) in [5.74, 6) is -0.752. The van der Waals surface area contributed by atoms with Crippen molar-refractivity contribution in [1.82, 2.24) is 0 Å². The number of carbonyl (C=O) groups is 1. The van der Waals surface area contributed by atoms with Crippen LogP contribution in [0.5, 0.6) is 0 Å². The Morgan fingerprint density at radius 1 is 1.33 bits per heavy atom. The summed E-state index contributed by atoms with van der Waals surface area (Å²) in [6, 6.07) is 0. The van der Waals surface area contributed by atoms with Gasteiger partial charge >= 0.3 is 5.97 Å². The first-order chi connectivity index (χ1) is 8.37. The number of carboxylic acid groups (broad SMARTS) is 1. The van der Waals surface area contributed by atoms with E-state index in [9.17, 15) is 9.90 Å². The second-order valence-corrected chi connectivity index (χ2v) is 5.49. The van der Waals surface area contributed by atoms with E-state index in [0.29, 0.717) is 23.9 Å². The van der Waals surface area contributed by atoms with Gasteiger partial charge in [0.15, 0.2) is 0 Å². The van der Waals surface area contributed by atoms with Gasteiger partial charge in [0.05, 0.1) is 27.1 Å². The van der Waals surface area contributed by atoms with Gasteiger partial charge in [0, 0.05) is 6.42 Å². The molecular weight excluding hydrogens is 230 g/mol. The predicted octanol–water partition coefficient (Wildman–Crippen LogP) is 2.03. The molecule has 0 aliphatic rings. The standard InChI is InChI=1S/C14H27NO3/c1-4-5-6-7-9-13(16)12-15(2,3)11-8-10-14(17)18/h6-7,13,16H,4-5,8-12H2,1-3H3/p+1/b7-6+. The summed E-state index contributed by atoms with van der Waals surface area (Å²) in [5.41, 5.74) is 0. The van der Waals surface area contributed by atoms with Crippen molar-refractivity contribution in [1.29, 1.82) is 0 Å². The minimum Gasteiger partial charge on any atom is -0.481 e. The quantitative estimate of drug-likeness (QED) is 0.466. The zero-order valence-electron chi connectivity index (χ0n) is 11.9. The molecule has 0 rings (SSSR count). The average Bonchev–Trinajstić information content (AvgIpc) is 2.22. The van der Waals surface area contributed by atoms with Crippen molar-refractivity contribution in [2.45, 2.75) is 45.1 Å². The van der Waals surface area contributed by atoms with Crippen molar-refractivity contribution < 1.29 is 19.5 Å². The van der Waals surface area contributed by atoms with E-state index in [1.54, 1.807) is 0 Å². The van der Waals surface area contributed by atoms with Crippen LogP contribution in [0.2, 0.25) is 0 Å². The first-order valence-electron chi connectivity index (χ1n) is 6.74. The van der Waals surface area contributed by atoms with E-state index >= 15 is 0 Å². The number of aliphatic hydroxyl groups excluding tert-OH is 1. The highest BCUT2D eigenvalue weighted by Gasteiger charge is 2.19. The van der Waals surface area contributed by atoms with Crippen LogP contribution < -0.4 is 0 Å². The summed E-state index contributed by atoms with van der Waals surface area (Å²) in [6.45, 7) is 3.57. The zero-order chi connectivity index (χ0) is 14.0. The fraction of sp³-hybridized carbons (Fsp3) is 0.786. The van der Waals surface area contributed by atoms with E-state index in [2.05, 4.69) is 13.0 Å². The lowest BCUT2D eigenvalue weighted by Crippen LogP contribution is -2.46. The van der Waals surface area contributed by atoms with Gasteiger partial charge in [-0.15, -0.1) is 0 Å². The first kappa shape index (κ1) is 17.1. The first-order valence-corrected chi connectivity index (χ1v) is 6.74. The van der Waals surface area contributed by atoms with Crippen LogP contribution in [0, 0.1) is 0 Å². The number of hydrogen-bond acceptors (Lipinski definition) is 2. The molecule has 4 nitrogen and oxygen atoms in total. The van der Waals surface area contributed by atoms with Crippen molar-refractivity contribution in [3.8, 4) is 0 Å². The van der Waals surface area contributed by atoms with Gasteiger partial charge in [-0.1, -0.05) is 25.5 Å². The Labute approximate surface area is 111 Å². The lowest BCUT2D eigenvalue weighted by Gasteiger charge is -2.31. The van der Waals surface area contributed by atoms with Crippen molar-refractivity contribution in [2.24, 2.45) is 0 Å². The van der Waals surface area contributed by atoms with Gasteiger partial charge in [0.1, 0.15) is 12.6 Å². The largest absolute Gasteiger partial charge is 0.481 e. The van der Waals surface area contributed by atoms with Crippen molar-refractivity contribution in [3.63, 3.8) is 0 Å². The summed E-state index contributed by atoms with van der Waals surface area (Å²) < 4.78 is 0.663. The Balaban J connectivity index is 3.87. The highest BCUT2D eigenvalue weighted by Crippen LogP contribution is 2.07. The molecule has 18 heavy (non-hydrogen) atoms. The number of aliphatic hydroxyl groups is 1. The molecular formula is C14H28NO3+. The second-order valence-electron chi connectivity index (χ2n) is 5.49. The smallest absolute Gasteiger partial charge is 0.303 e. The third-order valence-electron chi connectivity index (χ3n) is 2.89. The fourth-order valence-electron chi connectivity index (χ4n) is 1.93. The summed E-state index contributed by atoms with van der Waals surface area (Å²) in [4.78, 5) is 10.4. The Morgan fingerprint density at radius 2 is 2.00 bits per heavy atom. The van der Waals surface area contributed by atoms with Crippen LogP contribution in [0.3, 0.4) is 0 Å². The van der Waals surface area contributed by atoms with Crippen molar-refractivity contribution in [3.05, 3.63) is 12.2 Å². The summed E-state index contributed by atoms with van der Waals surface area (Å²) in [5, 5.41) is 18.5. The van der Waals surface area contributed by atoms with Crippen molar-refractivity contribution in [2.75, 3.05) is 27.2 Å². The van der Waals surface area contributed by atoms with Gasteiger partial charge in [-0.25, -0.2) is 0 Å². The van der Waals surface area contributed by atoms with Crippen molar-refractivity contribution >= 4 is 5.97 Å². The van der Waals surface area contributed by atoms with Crippen LogP contribution in [-0.4, -0.2) is 54.0 Å². The molecule has 0 heterocycles. The Kier molecular flexibility index (Phi) is 8.67. The maximum atomic E-state index is 10.4. The predicted molar refractivity (Wildman–Crippen MR) is 73.4 cm³/mol. The molecule has 0 fully saturated rings. The average molecular weight is 258 g/mol. The van der Waals surface area contributed by atoms with E-state index in [1.807, 2.05) is 20.2 Å². The molecule has 106 valence electrons. The molecule has 0 aliphatic heterocycles. The van der Waals surface area contributed by atoms with Gasteiger partial charge in [-0.05, 0) is 12.8 Å². The number of hydrogen-bond donors (Lipinski definition) is 2. The number of quaternary nitrogens is 1. The van der Waals surface area contributed by atoms with Crippen LogP contribution in [0.4, 0.5) is 0 Å². The molecule has 0 saturated heterocycles. The van der Waals surface area contributed by atoms with Gasteiger partial charge in [-0.3, -0.25) is 4.79 Å². The maximum absolute atomic E-state index is 10.4. The molecule has 2 N–H and O–H groups in total. The summed E-state index contributed by atoms with van der Waals surface area (Å²) in [6.07, 6.45) is 7.51. The molecule has 4 heteroatoms. The van der Waals surface area contributed by atoms with Gasteiger partial charge in [-0.2, -0.15) is 0 Å². The van der Waals surface area contributed by atoms with Gasteiger partial charge in [0.2, 0.25) is 0 Å². The number of rotatable bonds is 10. The highest BCUT2D eigenvalue weighted by atomic mass is 16.4. The molecule has 0 amide bonds. The molecule has 1 unspecified atom stereocenters. The van der Waals surface area contributed by atoms with E-state index in [0.717, 1.165) is 19.4 Å². The molecule has 0 bridgehead atoms. The fourth-order valence-corrected chi connectivity index (χ4v) is 1.93. The van der Waals surface area contributed by atoms with E-state index in [-0.39, 0.29) is 12.5 Å². The summed E-state index contributed by atoms with van der Waals surface area (Å²) in [7, 11) is 4.06. The minimum atomic E-state index is -0.752. The van der Waals surface area contributed by atoms with Crippen LogP contribution in [0.15, 0.2) is 12.2 Å². The third-order valence-corrected chi connectivity index (χ3v) is 2.89.